The number of hydrogen-bond acceptors (Lipinski definition) is 6. The van der Waals surface area contributed by atoms with E-state index in [9.17, 15) is 14.4 Å². The van der Waals surface area contributed by atoms with E-state index in [-0.39, 0.29) is 23.7 Å². The van der Waals surface area contributed by atoms with Crippen molar-refractivity contribution in [2.75, 3.05) is 13.2 Å². The quantitative estimate of drug-likeness (QED) is 0.320. The van der Waals surface area contributed by atoms with Gasteiger partial charge in [0.25, 0.3) is 11.1 Å². The lowest BCUT2D eigenvalue weighted by Gasteiger charge is -2.13. The molecule has 0 aromatic carbocycles. The molecule has 0 bridgehead atoms. The van der Waals surface area contributed by atoms with E-state index in [2.05, 4.69) is 11.1 Å². The number of fused-ring (bicyclic) bond motifs is 1. The van der Waals surface area contributed by atoms with Crippen LogP contribution >= 0.6 is 23.1 Å². The first-order valence-electron chi connectivity index (χ1n) is 10.7. The van der Waals surface area contributed by atoms with Gasteiger partial charge >= 0.3 is 5.97 Å². The second-order valence-corrected chi connectivity index (χ2v) is 9.93. The summed E-state index contributed by atoms with van der Waals surface area (Å²) in [5, 5.41) is 0.593. The van der Waals surface area contributed by atoms with Crippen molar-refractivity contribution in [1.29, 1.82) is 0 Å². The largest absolute Gasteiger partial charge is 0.462 e. The number of ether oxygens (including phenoxy) is 1. The van der Waals surface area contributed by atoms with Crippen LogP contribution in [-0.4, -0.2) is 39.7 Å². The third kappa shape index (κ3) is 3.86. The zero-order chi connectivity index (χ0) is 23.0. The third-order valence-electron chi connectivity index (χ3n) is 5.78. The van der Waals surface area contributed by atoms with E-state index >= 15 is 0 Å². The molecule has 1 aliphatic carbocycles. The first kappa shape index (κ1) is 22.6. The van der Waals surface area contributed by atoms with E-state index in [1.807, 2.05) is 26.8 Å². The number of aryl methyl sites for hydroxylation is 2. The van der Waals surface area contributed by atoms with Crippen LogP contribution in [-0.2, 0) is 22.4 Å². The molecule has 0 atom stereocenters. The minimum atomic E-state index is -0.302. The minimum absolute atomic E-state index is 0.199. The summed E-state index contributed by atoms with van der Waals surface area (Å²) < 4.78 is 7.49. The maximum absolute atomic E-state index is 12.9. The van der Waals surface area contributed by atoms with Crippen molar-refractivity contribution >= 4 is 46.3 Å². The number of aromatic nitrogens is 1. The summed E-state index contributed by atoms with van der Waals surface area (Å²) >= 11 is 2.60. The number of hydrogen-bond donors (Lipinski definition) is 0. The van der Waals surface area contributed by atoms with Gasteiger partial charge in [-0.25, -0.2) is 4.79 Å². The Morgan fingerprint density at radius 1 is 1.25 bits per heavy atom. The third-order valence-corrected chi connectivity index (χ3v) is 7.96. The first-order chi connectivity index (χ1) is 15.4. The number of carbonyl (C=O) groups is 3. The second kappa shape index (κ2) is 9.11. The summed E-state index contributed by atoms with van der Waals surface area (Å²) in [5.41, 5.74) is 4.53. The topological polar surface area (TPSA) is 68.6 Å². The molecule has 0 radical (unpaired) electrons. The van der Waals surface area contributed by atoms with Gasteiger partial charge in [0, 0.05) is 22.8 Å². The smallest absolute Gasteiger partial charge is 0.341 e. The molecule has 2 amide bonds. The summed E-state index contributed by atoms with van der Waals surface area (Å²) in [4.78, 5) is 40.6. The van der Waals surface area contributed by atoms with Crippen LogP contribution in [0, 0.1) is 13.8 Å². The van der Waals surface area contributed by atoms with Gasteiger partial charge in [0.1, 0.15) is 5.00 Å². The molecule has 4 rings (SSSR count). The lowest BCUT2D eigenvalue weighted by molar-refractivity contribution is -0.122. The number of amides is 2. The van der Waals surface area contributed by atoms with Gasteiger partial charge in [-0.05, 0) is 81.5 Å². The molecule has 0 saturated carbocycles. The number of thioether (sulfide) groups is 1. The summed E-state index contributed by atoms with van der Waals surface area (Å²) in [5.74, 6) is -0.579. The number of thiophene rings is 1. The lowest BCUT2D eigenvalue weighted by atomic mass is 9.95. The highest BCUT2D eigenvalue weighted by molar-refractivity contribution is 8.18. The fraction of sp³-hybridized carbons (Fsp3) is 0.375. The van der Waals surface area contributed by atoms with Crippen LogP contribution in [0.5, 0.6) is 0 Å². The molecular weight excluding hydrogens is 444 g/mol. The Morgan fingerprint density at radius 3 is 2.72 bits per heavy atom. The fourth-order valence-electron chi connectivity index (χ4n) is 4.30. The summed E-state index contributed by atoms with van der Waals surface area (Å²) in [6.45, 7) is 9.92. The first-order valence-corrected chi connectivity index (χ1v) is 12.4. The molecule has 32 heavy (non-hydrogen) atoms. The van der Waals surface area contributed by atoms with Gasteiger partial charge in [0.2, 0.25) is 0 Å². The van der Waals surface area contributed by atoms with Gasteiger partial charge in [-0.15, -0.1) is 17.9 Å². The molecular formula is C24H26N2O4S2. The maximum Gasteiger partial charge on any atom is 0.341 e. The van der Waals surface area contributed by atoms with Crippen molar-refractivity contribution in [3.05, 3.63) is 56.6 Å². The number of esters is 1. The average molecular weight is 471 g/mol. The van der Waals surface area contributed by atoms with Crippen LogP contribution in [0.4, 0.5) is 4.79 Å². The number of imide groups is 1. The molecule has 2 aliphatic rings. The summed E-state index contributed by atoms with van der Waals surface area (Å²) in [6.07, 6.45) is 7.39. The molecule has 0 unspecified atom stereocenters. The van der Waals surface area contributed by atoms with Crippen LogP contribution < -0.4 is 0 Å². The fourth-order valence-corrected chi connectivity index (χ4v) is 6.62. The van der Waals surface area contributed by atoms with Crippen molar-refractivity contribution in [2.45, 2.75) is 46.5 Å². The zero-order valence-corrected chi connectivity index (χ0v) is 20.2. The molecule has 6 nitrogen and oxygen atoms in total. The number of carbonyl (C=O) groups excluding carboxylic acids is 3. The Kier molecular flexibility index (Phi) is 6.44. The predicted octanol–water partition coefficient (Wildman–Crippen LogP) is 5.43. The highest BCUT2D eigenvalue weighted by atomic mass is 32.2. The Labute approximate surface area is 195 Å². The predicted molar refractivity (Wildman–Crippen MR) is 129 cm³/mol. The molecule has 1 saturated heterocycles. The van der Waals surface area contributed by atoms with Crippen molar-refractivity contribution in [3.63, 3.8) is 0 Å². The molecule has 0 N–H and O–H groups in total. The molecule has 0 spiro atoms. The van der Waals surface area contributed by atoms with Gasteiger partial charge in [0.05, 0.1) is 17.1 Å². The van der Waals surface area contributed by atoms with E-state index in [1.165, 1.54) is 9.78 Å². The second-order valence-electron chi connectivity index (χ2n) is 7.85. The van der Waals surface area contributed by atoms with Gasteiger partial charge in [-0.1, -0.05) is 6.08 Å². The maximum atomic E-state index is 12.9. The van der Waals surface area contributed by atoms with E-state index < -0.39 is 0 Å². The van der Waals surface area contributed by atoms with E-state index in [0.717, 1.165) is 65.0 Å². The van der Waals surface area contributed by atoms with Crippen molar-refractivity contribution in [1.82, 2.24) is 9.47 Å². The van der Waals surface area contributed by atoms with Crippen molar-refractivity contribution < 1.29 is 19.1 Å². The zero-order valence-electron chi connectivity index (χ0n) is 18.5. The average Bonchev–Trinajstić information content (AvgIpc) is 3.35. The van der Waals surface area contributed by atoms with Gasteiger partial charge in [-0.2, -0.15) is 0 Å². The van der Waals surface area contributed by atoms with Gasteiger partial charge < -0.3 is 9.30 Å². The summed E-state index contributed by atoms with van der Waals surface area (Å²) in [6, 6.07) is 1.99. The molecule has 1 fully saturated rings. The number of nitrogens with zero attached hydrogens (tertiary/aromatic N) is 2. The van der Waals surface area contributed by atoms with Crippen molar-refractivity contribution in [3.8, 4) is 5.00 Å². The van der Waals surface area contributed by atoms with Crippen LogP contribution in [0.25, 0.3) is 11.1 Å². The Morgan fingerprint density at radius 2 is 2.00 bits per heavy atom. The van der Waals surface area contributed by atoms with Crippen LogP contribution in [0.3, 0.4) is 0 Å². The van der Waals surface area contributed by atoms with Crippen LogP contribution in [0.2, 0.25) is 0 Å². The normalized spacial score (nSPS) is 17.2. The Balaban J connectivity index is 1.79. The van der Waals surface area contributed by atoms with Gasteiger partial charge in [-0.3, -0.25) is 14.5 Å². The molecule has 168 valence electrons. The molecule has 2 aromatic heterocycles. The van der Waals surface area contributed by atoms with Crippen LogP contribution in [0.1, 0.15) is 57.5 Å². The summed E-state index contributed by atoms with van der Waals surface area (Å²) in [7, 11) is 0. The van der Waals surface area contributed by atoms with E-state index in [0.29, 0.717) is 17.1 Å². The van der Waals surface area contributed by atoms with E-state index in [1.54, 1.807) is 23.5 Å². The Bertz CT molecular complexity index is 1160. The monoisotopic (exact) mass is 470 g/mol. The molecule has 3 heterocycles. The highest BCUT2D eigenvalue weighted by Gasteiger charge is 2.34. The Hall–Kier alpha value is -2.58. The van der Waals surface area contributed by atoms with Crippen LogP contribution in [0.15, 0.2) is 23.6 Å². The van der Waals surface area contributed by atoms with E-state index in [4.69, 9.17) is 4.74 Å². The minimum Gasteiger partial charge on any atom is -0.462 e. The van der Waals surface area contributed by atoms with Gasteiger partial charge in [0.15, 0.2) is 0 Å². The molecule has 1 aliphatic heterocycles. The lowest BCUT2D eigenvalue weighted by Crippen LogP contribution is -2.27. The van der Waals surface area contributed by atoms with Crippen molar-refractivity contribution in [2.24, 2.45) is 0 Å². The number of rotatable bonds is 6. The standard InChI is InChI=1S/C24H26N2O4S2/c1-5-11-25-21(27)19(32-24(25)29)13-16-12-14(3)26(15(16)4)22-20(23(28)30-6-2)17-9-7-8-10-18(17)31-22/h5,12-13H,1,6-11H2,2-4H3. The SMILES string of the molecule is C=CCN1C(=O)SC(=Cc2cc(C)n(-c3sc4c(c3C(=O)OCC)CCCC4)c2C)C1=O. The highest BCUT2D eigenvalue weighted by Crippen LogP contribution is 2.40. The molecule has 8 heteroatoms. The molecule has 2 aromatic rings.